The van der Waals surface area contributed by atoms with E-state index < -0.39 is 0 Å². The molecule has 0 bridgehead atoms. The maximum atomic E-state index is 5.32. The molecule has 0 aliphatic heterocycles. The molecule has 1 aromatic heterocycles. The summed E-state index contributed by atoms with van der Waals surface area (Å²) < 4.78 is 5.32. The van der Waals surface area contributed by atoms with Gasteiger partial charge in [-0.05, 0) is 30.9 Å². The van der Waals surface area contributed by atoms with Crippen LogP contribution < -0.4 is 10.1 Å². The summed E-state index contributed by atoms with van der Waals surface area (Å²) in [5.41, 5.74) is 2.42. The Balaban J connectivity index is 1.78. The highest BCUT2D eigenvalue weighted by molar-refractivity contribution is 5.41. The van der Waals surface area contributed by atoms with Gasteiger partial charge >= 0.3 is 0 Å². The van der Waals surface area contributed by atoms with Crippen molar-refractivity contribution in [2.75, 3.05) is 18.5 Å². The highest BCUT2D eigenvalue weighted by Crippen LogP contribution is 2.19. The van der Waals surface area contributed by atoms with E-state index in [-0.39, 0.29) is 0 Å². The Morgan fingerprint density at radius 2 is 1.95 bits per heavy atom. The minimum atomic E-state index is 0.555. The van der Waals surface area contributed by atoms with Gasteiger partial charge in [-0.2, -0.15) is 0 Å². The molecule has 0 spiro atoms. The summed E-state index contributed by atoms with van der Waals surface area (Å²) in [7, 11) is 0. The summed E-state index contributed by atoms with van der Waals surface area (Å²) in [5.74, 6) is 1.23. The molecule has 106 valence electrons. The van der Waals surface area contributed by atoms with E-state index in [4.69, 9.17) is 4.74 Å². The molecule has 0 aliphatic rings. The third-order valence-corrected chi connectivity index (χ3v) is 3.30. The first kappa shape index (κ1) is 14.4. The van der Waals surface area contributed by atoms with Crippen molar-refractivity contribution >= 4 is 5.69 Å². The van der Waals surface area contributed by atoms with Crippen LogP contribution in [0, 0.1) is 0 Å². The second kappa shape index (κ2) is 7.53. The van der Waals surface area contributed by atoms with Crippen molar-refractivity contribution in [2.24, 2.45) is 0 Å². The fourth-order valence-corrected chi connectivity index (χ4v) is 2.10. The summed E-state index contributed by atoms with van der Waals surface area (Å²) >= 11 is 0. The van der Waals surface area contributed by atoms with Crippen LogP contribution in [0.15, 0.2) is 48.7 Å². The lowest BCUT2D eigenvalue weighted by Gasteiger charge is -2.13. The van der Waals surface area contributed by atoms with Gasteiger partial charge in [0.15, 0.2) is 0 Å². The van der Waals surface area contributed by atoms with Crippen molar-refractivity contribution in [2.45, 2.75) is 26.2 Å². The standard InChI is InChI=1S/C17H22N2O/c1-3-20-17-10-9-16(13-19-17)18-12-11-14(2)15-7-5-4-6-8-15/h4-10,13-14,18H,3,11-12H2,1-2H3. The summed E-state index contributed by atoms with van der Waals surface area (Å²) in [6, 6.07) is 14.5. The Labute approximate surface area is 121 Å². The van der Waals surface area contributed by atoms with Crippen molar-refractivity contribution in [1.29, 1.82) is 0 Å². The highest BCUT2D eigenvalue weighted by Gasteiger charge is 2.04. The van der Waals surface area contributed by atoms with Gasteiger partial charge < -0.3 is 10.1 Å². The summed E-state index contributed by atoms with van der Waals surface area (Å²) in [4.78, 5) is 4.24. The number of rotatable bonds is 7. The van der Waals surface area contributed by atoms with Crippen LogP contribution in [0.5, 0.6) is 5.88 Å². The molecule has 0 radical (unpaired) electrons. The van der Waals surface area contributed by atoms with Gasteiger partial charge in [-0.15, -0.1) is 0 Å². The summed E-state index contributed by atoms with van der Waals surface area (Å²) in [5, 5.41) is 3.40. The lowest BCUT2D eigenvalue weighted by atomic mass is 9.98. The molecular weight excluding hydrogens is 248 g/mol. The zero-order valence-electron chi connectivity index (χ0n) is 12.2. The molecule has 1 heterocycles. The molecule has 3 heteroatoms. The molecule has 0 aliphatic carbocycles. The molecule has 1 aromatic carbocycles. The van der Waals surface area contributed by atoms with Crippen molar-refractivity contribution in [3.63, 3.8) is 0 Å². The van der Waals surface area contributed by atoms with Gasteiger partial charge in [0, 0.05) is 12.6 Å². The Hall–Kier alpha value is -2.03. The van der Waals surface area contributed by atoms with E-state index in [1.165, 1.54) is 5.56 Å². The van der Waals surface area contributed by atoms with Gasteiger partial charge in [0.2, 0.25) is 5.88 Å². The minimum absolute atomic E-state index is 0.555. The lowest BCUT2D eigenvalue weighted by molar-refractivity contribution is 0.327. The number of ether oxygens (including phenoxy) is 1. The molecule has 1 unspecified atom stereocenters. The number of nitrogens with zero attached hydrogens (tertiary/aromatic N) is 1. The molecule has 0 saturated carbocycles. The third-order valence-electron chi connectivity index (χ3n) is 3.30. The molecule has 2 aromatic rings. The first-order valence-corrected chi connectivity index (χ1v) is 7.17. The van der Waals surface area contributed by atoms with E-state index in [1.807, 2.05) is 25.3 Å². The maximum absolute atomic E-state index is 5.32. The maximum Gasteiger partial charge on any atom is 0.213 e. The average Bonchev–Trinajstić information content (AvgIpc) is 2.50. The second-order valence-electron chi connectivity index (χ2n) is 4.85. The Morgan fingerprint density at radius 1 is 1.15 bits per heavy atom. The molecule has 1 atom stereocenters. The number of nitrogens with one attached hydrogen (secondary N) is 1. The van der Waals surface area contributed by atoms with Gasteiger partial charge in [-0.3, -0.25) is 0 Å². The Morgan fingerprint density at radius 3 is 2.60 bits per heavy atom. The predicted molar refractivity (Wildman–Crippen MR) is 83.4 cm³/mol. The van der Waals surface area contributed by atoms with Gasteiger partial charge in [0.25, 0.3) is 0 Å². The number of benzene rings is 1. The van der Waals surface area contributed by atoms with Gasteiger partial charge in [-0.25, -0.2) is 4.98 Å². The molecule has 0 saturated heterocycles. The van der Waals surface area contributed by atoms with Crippen LogP contribution in [-0.4, -0.2) is 18.1 Å². The molecule has 0 amide bonds. The zero-order chi connectivity index (χ0) is 14.2. The van der Waals surface area contributed by atoms with Crippen LogP contribution in [0.4, 0.5) is 5.69 Å². The van der Waals surface area contributed by atoms with E-state index in [0.717, 1.165) is 18.7 Å². The first-order valence-electron chi connectivity index (χ1n) is 7.17. The zero-order valence-corrected chi connectivity index (χ0v) is 12.2. The van der Waals surface area contributed by atoms with Gasteiger partial charge in [-0.1, -0.05) is 37.3 Å². The number of anilines is 1. The van der Waals surface area contributed by atoms with Crippen molar-refractivity contribution < 1.29 is 4.74 Å². The number of pyridine rings is 1. The van der Waals surface area contributed by atoms with Crippen LogP contribution in [0.2, 0.25) is 0 Å². The highest BCUT2D eigenvalue weighted by atomic mass is 16.5. The number of hydrogen-bond donors (Lipinski definition) is 1. The molecule has 0 fully saturated rings. The van der Waals surface area contributed by atoms with E-state index in [1.54, 1.807) is 0 Å². The first-order chi connectivity index (χ1) is 9.79. The largest absolute Gasteiger partial charge is 0.478 e. The van der Waals surface area contributed by atoms with Crippen LogP contribution in [-0.2, 0) is 0 Å². The van der Waals surface area contributed by atoms with Crippen LogP contribution >= 0.6 is 0 Å². The number of aromatic nitrogens is 1. The van der Waals surface area contributed by atoms with Crippen LogP contribution in [0.1, 0.15) is 31.7 Å². The molecule has 3 nitrogen and oxygen atoms in total. The normalized spacial score (nSPS) is 11.9. The summed E-state index contributed by atoms with van der Waals surface area (Å²) in [6.07, 6.45) is 2.91. The fraction of sp³-hybridized carbons (Fsp3) is 0.353. The smallest absolute Gasteiger partial charge is 0.213 e. The minimum Gasteiger partial charge on any atom is -0.478 e. The molecule has 2 rings (SSSR count). The predicted octanol–water partition coefficient (Wildman–Crippen LogP) is 4.09. The topological polar surface area (TPSA) is 34.1 Å². The summed E-state index contributed by atoms with van der Waals surface area (Å²) in [6.45, 7) is 5.80. The fourth-order valence-electron chi connectivity index (χ4n) is 2.10. The van der Waals surface area contributed by atoms with Crippen molar-refractivity contribution in [3.8, 4) is 5.88 Å². The van der Waals surface area contributed by atoms with E-state index in [9.17, 15) is 0 Å². The van der Waals surface area contributed by atoms with E-state index >= 15 is 0 Å². The molecule has 1 N–H and O–H groups in total. The van der Waals surface area contributed by atoms with Crippen molar-refractivity contribution in [3.05, 3.63) is 54.2 Å². The van der Waals surface area contributed by atoms with Gasteiger partial charge in [0.1, 0.15) is 0 Å². The lowest BCUT2D eigenvalue weighted by Crippen LogP contribution is -2.06. The second-order valence-corrected chi connectivity index (χ2v) is 4.85. The SMILES string of the molecule is CCOc1ccc(NCCC(C)c2ccccc2)cn1. The van der Waals surface area contributed by atoms with E-state index in [0.29, 0.717) is 18.4 Å². The van der Waals surface area contributed by atoms with Crippen LogP contribution in [0.3, 0.4) is 0 Å². The van der Waals surface area contributed by atoms with Crippen LogP contribution in [0.25, 0.3) is 0 Å². The number of hydrogen-bond acceptors (Lipinski definition) is 3. The Bertz CT molecular complexity index is 496. The van der Waals surface area contributed by atoms with Gasteiger partial charge in [0.05, 0.1) is 18.5 Å². The average molecular weight is 270 g/mol. The molecular formula is C17H22N2O. The van der Waals surface area contributed by atoms with E-state index in [2.05, 4.69) is 47.6 Å². The monoisotopic (exact) mass is 270 g/mol. The Kier molecular flexibility index (Phi) is 5.42. The van der Waals surface area contributed by atoms with Crippen molar-refractivity contribution in [1.82, 2.24) is 4.98 Å². The quantitative estimate of drug-likeness (QED) is 0.823. The third kappa shape index (κ3) is 4.26. The molecule has 20 heavy (non-hydrogen) atoms.